The maximum absolute atomic E-state index is 13.1. The molecule has 1 heterocycles. The highest BCUT2D eigenvalue weighted by atomic mass is 16.1. The number of aromatic nitrogens is 2. The van der Waals surface area contributed by atoms with Crippen molar-refractivity contribution in [2.24, 2.45) is 0 Å². The summed E-state index contributed by atoms with van der Waals surface area (Å²) in [4.78, 5) is 20.8. The van der Waals surface area contributed by atoms with Crippen molar-refractivity contribution in [3.63, 3.8) is 0 Å². The van der Waals surface area contributed by atoms with Crippen LogP contribution in [0, 0.1) is 0 Å². The summed E-state index contributed by atoms with van der Waals surface area (Å²) in [5.74, 6) is 0.545. The molecule has 3 heteroatoms. The molecule has 0 spiro atoms. The number of benzene rings is 3. The lowest BCUT2D eigenvalue weighted by Gasteiger charge is -2.13. The number of nitrogens with zero attached hydrogens (tertiary/aromatic N) is 1. The monoisotopic (exact) mass is 350 g/mol. The summed E-state index contributed by atoms with van der Waals surface area (Å²) < 4.78 is 0. The minimum absolute atomic E-state index is 0.198. The Morgan fingerprint density at radius 3 is 1.85 bits per heavy atom. The van der Waals surface area contributed by atoms with E-state index in [0.717, 1.165) is 16.7 Å². The highest BCUT2D eigenvalue weighted by Gasteiger charge is 2.17. The molecule has 1 aromatic heterocycles. The lowest BCUT2D eigenvalue weighted by Crippen LogP contribution is -2.17. The maximum Gasteiger partial charge on any atom is 0.259 e. The first-order valence-electron chi connectivity index (χ1n) is 8.74. The summed E-state index contributed by atoms with van der Waals surface area (Å²) in [6, 6.07) is 29.1. The van der Waals surface area contributed by atoms with E-state index in [1.807, 2.05) is 91.0 Å². The molecule has 0 atom stereocenters. The zero-order chi connectivity index (χ0) is 18.6. The van der Waals surface area contributed by atoms with Gasteiger partial charge < -0.3 is 4.98 Å². The Morgan fingerprint density at radius 2 is 1.26 bits per heavy atom. The Labute approximate surface area is 157 Å². The van der Waals surface area contributed by atoms with E-state index in [-0.39, 0.29) is 5.56 Å². The quantitative estimate of drug-likeness (QED) is 0.552. The zero-order valence-corrected chi connectivity index (χ0v) is 14.7. The first-order chi connectivity index (χ1) is 13.2. The minimum atomic E-state index is -0.198. The van der Waals surface area contributed by atoms with E-state index in [4.69, 9.17) is 4.98 Å². The van der Waals surface area contributed by atoms with Gasteiger partial charge in [0.2, 0.25) is 0 Å². The van der Waals surface area contributed by atoms with Crippen LogP contribution < -0.4 is 5.56 Å². The number of rotatable bonds is 4. The van der Waals surface area contributed by atoms with Crippen LogP contribution in [0.15, 0.2) is 102 Å². The molecule has 0 aliphatic heterocycles. The van der Waals surface area contributed by atoms with Gasteiger partial charge in [0.15, 0.2) is 0 Å². The molecule has 0 bridgehead atoms. The number of hydrogen-bond acceptors (Lipinski definition) is 2. The number of nitrogens with one attached hydrogen (secondary N) is 1. The number of H-pyrrole nitrogens is 1. The van der Waals surface area contributed by atoms with Gasteiger partial charge in [0.25, 0.3) is 5.56 Å². The fourth-order valence-electron chi connectivity index (χ4n) is 3.07. The predicted molar refractivity (Wildman–Crippen MR) is 110 cm³/mol. The second-order valence-corrected chi connectivity index (χ2v) is 6.21. The Kier molecular flexibility index (Phi) is 4.50. The van der Waals surface area contributed by atoms with Gasteiger partial charge in [0.05, 0.1) is 11.3 Å². The van der Waals surface area contributed by atoms with E-state index in [1.54, 1.807) is 0 Å². The first kappa shape index (κ1) is 16.7. The average molecular weight is 350 g/mol. The molecule has 4 aromatic rings. The van der Waals surface area contributed by atoms with Gasteiger partial charge >= 0.3 is 0 Å². The van der Waals surface area contributed by atoms with E-state index in [0.29, 0.717) is 22.7 Å². The van der Waals surface area contributed by atoms with Crippen LogP contribution >= 0.6 is 0 Å². The first-order valence-corrected chi connectivity index (χ1v) is 8.74. The standard InChI is InChI=1S/C24H18N2O/c1-17(18-11-5-2-6-12-18)21-22(19-13-7-3-8-14-19)25-23(26-24(21)27)20-15-9-4-10-16-20/h2-16H,1H2,(H,25,26,27). The lowest BCUT2D eigenvalue weighted by atomic mass is 9.96. The fourth-order valence-corrected chi connectivity index (χ4v) is 3.07. The smallest absolute Gasteiger partial charge is 0.259 e. The average Bonchev–Trinajstić information content (AvgIpc) is 2.74. The van der Waals surface area contributed by atoms with Gasteiger partial charge in [-0.1, -0.05) is 97.6 Å². The second-order valence-electron chi connectivity index (χ2n) is 6.21. The molecule has 0 saturated heterocycles. The lowest BCUT2D eigenvalue weighted by molar-refractivity contribution is 1.12. The molecule has 130 valence electrons. The second kappa shape index (κ2) is 7.26. The van der Waals surface area contributed by atoms with Crippen molar-refractivity contribution in [2.75, 3.05) is 0 Å². The van der Waals surface area contributed by atoms with E-state index < -0.39 is 0 Å². The summed E-state index contributed by atoms with van der Waals surface area (Å²) in [6.07, 6.45) is 0. The molecule has 0 radical (unpaired) electrons. The van der Waals surface area contributed by atoms with Crippen LogP contribution in [0.25, 0.3) is 28.2 Å². The van der Waals surface area contributed by atoms with Crippen molar-refractivity contribution in [2.45, 2.75) is 0 Å². The van der Waals surface area contributed by atoms with Crippen LogP contribution in [0.2, 0.25) is 0 Å². The van der Waals surface area contributed by atoms with Crippen LogP contribution in [-0.2, 0) is 0 Å². The van der Waals surface area contributed by atoms with Gasteiger partial charge in [0, 0.05) is 11.1 Å². The molecule has 0 aliphatic carbocycles. The largest absolute Gasteiger partial charge is 0.306 e. The van der Waals surface area contributed by atoms with E-state index >= 15 is 0 Å². The van der Waals surface area contributed by atoms with Gasteiger partial charge in [-0.05, 0) is 11.1 Å². The molecule has 3 nitrogen and oxygen atoms in total. The van der Waals surface area contributed by atoms with E-state index in [9.17, 15) is 4.79 Å². The SMILES string of the molecule is C=C(c1ccccc1)c1c(-c2ccccc2)nc(-c2ccccc2)[nH]c1=O. The van der Waals surface area contributed by atoms with Gasteiger partial charge in [-0.15, -0.1) is 0 Å². The molecule has 0 unspecified atom stereocenters. The summed E-state index contributed by atoms with van der Waals surface area (Å²) >= 11 is 0. The van der Waals surface area contributed by atoms with Crippen LogP contribution in [0.5, 0.6) is 0 Å². The molecular weight excluding hydrogens is 332 g/mol. The van der Waals surface area contributed by atoms with E-state index in [1.165, 1.54) is 0 Å². The normalized spacial score (nSPS) is 10.5. The van der Waals surface area contributed by atoms with Crippen molar-refractivity contribution >= 4 is 5.57 Å². The summed E-state index contributed by atoms with van der Waals surface area (Å²) in [7, 11) is 0. The molecule has 4 rings (SSSR count). The third kappa shape index (κ3) is 3.35. The molecule has 27 heavy (non-hydrogen) atoms. The third-order valence-electron chi connectivity index (χ3n) is 4.44. The van der Waals surface area contributed by atoms with Gasteiger partial charge in [-0.3, -0.25) is 4.79 Å². The fraction of sp³-hybridized carbons (Fsp3) is 0. The zero-order valence-electron chi connectivity index (χ0n) is 14.7. The van der Waals surface area contributed by atoms with Gasteiger partial charge in [-0.2, -0.15) is 0 Å². The van der Waals surface area contributed by atoms with Crippen molar-refractivity contribution in [3.05, 3.63) is 119 Å². The highest BCUT2D eigenvalue weighted by molar-refractivity contribution is 5.86. The van der Waals surface area contributed by atoms with E-state index in [2.05, 4.69) is 11.6 Å². The minimum Gasteiger partial charge on any atom is -0.306 e. The number of aromatic amines is 1. The third-order valence-corrected chi connectivity index (χ3v) is 4.44. The van der Waals surface area contributed by atoms with Crippen LogP contribution in [0.3, 0.4) is 0 Å². The molecule has 0 fully saturated rings. The summed E-state index contributed by atoms with van der Waals surface area (Å²) in [5.41, 5.74) is 4.23. The molecule has 0 amide bonds. The maximum atomic E-state index is 13.1. The Bertz CT molecular complexity index is 1130. The molecule has 0 saturated carbocycles. The number of hydrogen-bond donors (Lipinski definition) is 1. The van der Waals surface area contributed by atoms with Crippen molar-refractivity contribution in [1.82, 2.24) is 9.97 Å². The van der Waals surface area contributed by atoms with Crippen LogP contribution in [-0.4, -0.2) is 9.97 Å². The van der Waals surface area contributed by atoms with Crippen molar-refractivity contribution in [1.29, 1.82) is 0 Å². The van der Waals surface area contributed by atoms with Gasteiger partial charge in [-0.25, -0.2) is 4.98 Å². The van der Waals surface area contributed by atoms with Crippen LogP contribution in [0.4, 0.5) is 0 Å². The Morgan fingerprint density at radius 1 is 0.741 bits per heavy atom. The van der Waals surface area contributed by atoms with Crippen molar-refractivity contribution < 1.29 is 0 Å². The van der Waals surface area contributed by atoms with Crippen molar-refractivity contribution in [3.8, 4) is 22.6 Å². The highest BCUT2D eigenvalue weighted by Crippen LogP contribution is 2.29. The Balaban J connectivity index is 1.96. The summed E-state index contributed by atoms with van der Waals surface area (Å²) in [6.45, 7) is 4.18. The molecular formula is C24H18N2O. The molecule has 0 aliphatic rings. The Hall–Kier alpha value is -3.72. The topological polar surface area (TPSA) is 45.8 Å². The molecule has 3 aromatic carbocycles. The molecule has 1 N–H and O–H groups in total. The van der Waals surface area contributed by atoms with Crippen LogP contribution in [0.1, 0.15) is 11.1 Å². The predicted octanol–water partition coefficient (Wildman–Crippen LogP) is 5.17. The van der Waals surface area contributed by atoms with Gasteiger partial charge in [0.1, 0.15) is 5.82 Å². The summed E-state index contributed by atoms with van der Waals surface area (Å²) in [5, 5.41) is 0.